The second-order valence-electron chi connectivity index (χ2n) is 5.23. The molecule has 0 unspecified atom stereocenters. The number of anilines is 2. The molecule has 0 fully saturated rings. The van der Waals surface area contributed by atoms with Gasteiger partial charge in [0.2, 0.25) is 5.95 Å². The monoisotopic (exact) mass is 321 g/mol. The molecule has 4 aromatic rings. The lowest BCUT2D eigenvalue weighted by atomic mass is 10.2. The minimum Gasteiger partial charge on any atom is -0.383 e. The van der Waals surface area contributed by atoms with Gasteiger partial charge in [-0.25, -0.2) is 9.67 Å². The summed E-state index contributed by atoms with van der Waals surface area (Å²) in [5.41, 5.74) is 7.63. The quantitative estimate of drug-likeness (QED) is 0.579. The fourth-order valence-corrected chi connectivity index (χ4v) is 2.47. The van der Waals surface area contributed by atoms with Gasteiger partial charge in [-0.05, 0) is 12.1 Å². The van der Waals surface area contributed by atoms with E-state index in [0.29, 0.717) is 24.0 Å². The number of nitrogens with zero attached hydrogens (tertiary/aromatic N) is 7. The largest absolute Gasteiger partial charge is 0.383 e. The first-order chi connectivity index (χ1) is 11.7. The van der Waals surface area contributed by atoms with Crippen LogP contribution in [0.3, 0.4) is 0 Å². The Balaban J connectivity index is 1.63. The van der Waals surface area contributed by atoms with Gasteiger partial charge in [-0.15, -0.1) is 0 Å². The molecule has 0 aliphatic heterocycles. The summed E-state index contributed by atoms with van der Waals surface area (Å²) in [7, 11) is 1.81. The van der Waals surface area contributed by atoms with Gasteiger partial charge in [0, 0.05) is 37.7 Å². The predicted molar refractivity (Wildman–Crippen MR) is 89.4 cm³/mol. The number of nitrogens with two attached hydrogens (primary N) is 1. The summed E-state index contributed by atoms with van der Waals surface area (Å²) in [6, 6.07) is 5.71. The zero-order chi connectivity index (χ0) is 16.5. The van der Waals surface area contributed by atoms with E-state index >= 15 is 0 Å². The molecule has 3 N–H and O–H groups in total. The van der Waals surface area contributed by atoms with Crippen LogP contribution < -0.4 is 11.1 Å². The highest BCUT2D eigenvalue weighted by Gasteiger charge is 2.10. The van der Waals surface area contributed by atoms with E-state index in [1.54, 1.807) is 28.0 Å². The number of rotatable bonds is 4. The second kappa shape index (κ2) is 5.61. The summed E-state index contributed by atoms with van der Waals surface area (Å²) in [5, 5.41) is 12.3. The first-order valence-corrected chi connectivity index (χ1v) is 7.35. The fraction of sp³-hybridized carbons (Fsp3) is 0.133. The van der Waals surface area contributed by atoms with E-state index in [0.717, 1.165) is 16.8 Å². The van der Waals surface area contributed by atoms with Crippen molar-refractivity contribution >= 4 is 22.8 Å². The van der Waals surface area contributed by atoms with Crippen LogP contribution >= 0.6 is 0 Å². The maximum atomic E-state index is 5.98. The number of pyridine rings is 1. The number of nitrogens with one attached hydrogen (secondary N) is 1. The van der Waals surface area contributed by atoms with Crippen molar-refractivity contribution in [1.82, 2.24) is 34.5 Å². The van der Waals surface area contributed by atoms with Crippen molar-refractivity contribution in [3.63, 3.8) is 0 Å². The van der Waals surface area contributed by atoms with E-state index in [9.17, 15) is 0 Å². The van der Waals surface area contributed by atoms with Crippen LogP contribution in [0.2, 0.25) is 0 Å². The van der Waals surface area contributed by atoms with Gasteiger partial charge in [0.1, 0.15) is 5.82 Å². The van der Waals surface area contributed by atoms with Crippen LogP contribution in [0, 0.1) is 0 Å². The Morgan fingerprint density at radius 1 is 1.17 bits per heavy atom. The van der Waals surface area contributed by atoms with Gasteiger partial charge in [0.25, 0.3) is 0 Å². The van der Waals surface area contributed by atoms with Crippen LogP contribution in [-0.4, -0.2) is 34.5 Å². The van der Waals surface area contributed by atoms with Crippen LogP contribution in [0.5, 0.6) is 0 Å². The zero-order valence-electron chi connectivity index (χ0n) is 13.0. The molecule has 0 aliphatic carbocycles. The third-order valence-electron chi connectivity index (χ3n) is 3.65. The van der Waals surface area contributed by atoms with Crippen molar-refractivity contribution in [3.8, 4) is 5.82 Å². The summed E-state index contributed by atoms with van der Waals surface area (Å²) >= 11 is 0. The van der Waals surface area contributed by atoms with Gasteiger partial charge < -0.3 is 11.1 Å². The highest BCUT2D eigenvalue weighted by atomic mass is 15.3. The zero-order valence-corrected chi connectivity index (χ0v) is 13.0. The molecule has 24 heavy (non-hydrogen) atoms. The average molecular weight is 321 g/mol. The minimum atomic E-state index is 0.397. The molecule has 0 aliphatic rings. The summed E-state index contributed by atoms with van der Waals surface area (Å²) in [6.45, 7) is 0.492. The van der Waals surface area contributed by atoms with Crippen molar-refractivity contribution < 1.29 is 0 Å². The number of nitrogen functional groups attached to an aromatic ring is 1. The molecule has 0 amide bonds. The van der Waals surface area contributed by atoms with Crippen LogP contribution in [-0.2, 0) is 13.6 Å². The van der Waals surface area contributed by atoms with Crippen molar-refractivity contribution in [2.24, 2.45) is 7.05 Å². The number of fused-ring (bicyclic) bond motifs is 1. The second-order valence-corrected chi connectivity index (χ2v) is 5.23. The van der Waals surface area contributed by atoms with Crippen LogP contribution in [0.1, 0.15) is 5.56 Å². The Kier molecular flexibility index (Phi) is 3.30. The third-order valence-corrected chi connectivity index (χ3v) is 3.65. The van der Waals surface area contributed by atoms with Gasteiger partial charge in [0.15, 0.2) is 11.5 Å². The van der Waals surface area contributed by atoms with Gasteiger partial charge >= 0.3 is 0 Å². The fourth-order valence-electron chi connectivity index (χ4n) is 2.47. The first-order valence-electron chi connectivity index (χ1n) is 7.35. The smallest absolute Gasteiger partial charge is 0.226 e. The number of hydrogen-bond acceptors (Lipinski definition) is 7. The molecule has 9 heteroatoms. The maximum Gasteiger partial charge on any atom is 0.226 e. The molecular formula is C15H15N9. The topological polar surface area (TPSA) is 112 Å². The average Bonchev–Trinajstić information content (AvgIpc) is 3.24. The van der Waals surface area contributed by atoms with E-state index in [-0.39, 0.29) is 0 Å². The normalized spacial score (nSPS) is 11.0. The Morgan fingerprint density at radius 3 is 2.92 bits per heavy atom. The van der Waals surface area contributed by atoms with Crippen LogP contribution in [0.25, 0.3) is 16.9 Å². The summed E-state index contributed by atoms with van der Waals surface area (Å²) < 4.78 is 3.38. The van der Waals surface area contributed by atoms with Gasteiger partial charge in [-0.3, -0.25) is 4.68 Å². The molecule has 120 valence electrons. The number of aromatic nitrogens is 7. The lowest BCUT2D eigenvalue weighted by Crippen LogP contribution is -2.10. The molecular weight excluding hydrogens is 306 g/mol. The Bertz CT molecular complexity index is 988. The van der Waals surface area contributed by atoms with E-state index in [4.69, 9.17) is 5.73 Å². The van der Waals surface area contributed by atoms with Crippen molar-refractivity contribution in [1.29, 1.82) is 0 Å². The van der Waals surface area contributed by atoms with Gasteiger partial charge in [-0.2, -0.15) is 20.2 Å². The maximum absolute atomic E-state index is 5.98. The predicted octanol–water partition coefficient (Wildman–Crippen LogP) is 1.14. The summed E-state index contributed by atoms with van der Waals surface area (Å²) in [6.07, 6.45) is 6.95. The molecule has 0 saturated heterocycles. The van der Waals surface area contributed by atoms with Gasteiger partial charge in [0.05, 0.1) is 11.6 Å². The van der Waals surface area contributed by atoms with E-state index in [1.165, 1.54) is 0 Å². The highest BCUT2D eigenvalue weighted by molar-refractivity contribution is 5.86. The Morgan fingerprint density at radius 2 is 2.08 bits per heavy atom. The molecule has 0 spiro atoms. The first kappa shape index (κ1) is 14.1. The van der Waals surface area contributed by atoms with Crippen molar-refractivity contribution in [3.05, 3.63) is 48.5 Å². The molecule has 4 rings (SSSR count). The van der Waals surface area contributed by atoms with Crippen molar-refractivity contribution in [2.45, 2.75) is 6.54 Å². The highest BCUT2D eigenvalue weighted by Crippen LogP contribution is 2.19. The molecule has 0 radical (unpaired) electrons. The molecule has 0 bridgehead atoms. The number of aryl methyl sites for hydroxylation is 1. The van der Waals surface area contributed by atoms with Crippen LogP contribution in [0.15, 0.2) is 43.0 Å². The Labute approximate surface area is 137 Å². The van der Waals surface area contributed by atoms with E-state index in [2.05, 4.69) is 30.5 Å². The van der Waals surface area contributed by atoms with Crippen molar-refractivity contribution in [2.75, 3.05) is 11.1 Å². The minimum absolute atomic E-state index is 0.397. The van der Waals surface area contributed by atoms with Crippen LogP contribution in [0.4, 0.5) is 11.8 Å². The third kappa shape index (κ3) is 2.41. The lowest BCUT2D eigenvalue weighted by Gasteiger charge is -2.10. The molecule has 0 saturated carbocycles. The molecule has 4 aromatic heterocycles. The molecule has 0 atom stereocenters. The summed E-state index contributed by atoms with van der Waals surface area (Å²) in [5.74, 6) is 1.59. The SMILES string of the molecule is Cn1ncc2c(N)nc(NCc3cccnc3-n3cccn3)nc21. The number of hydrogen-bond donors (Lipinski definition) is 2. The van der Waals surface area contributed by atoms with E-state index < -0.39 is 0 Å². The molecule has 0 aromatic carbocycles. The molecule has 9 nitrogen and oxygen atoms in total. The standard InChI is InChI=1S/C15H15N9/c1-23-14-11(9-20-23)12(16)21-15(22-14)18-8-10-4-2-5-17-13(10)24-7-3-6-19-24/h2-7,9H,8H2,1H3,(H3,16,18,21,22). The Hall–Kier alpha value is -3.49. The van der Waals surface area contributed by atoms with E-state index in [1.807, 2.05) is 31.4 Å². The molecule has 4 heterocycles. The van der Waals surface area contributed by atoms with Gasteiger partial charge in [-0.1, -0.05) is 6.07 Å². The lowest BCUT2D eigenvalue weighted by molar-refractivity contribution is 0.785. The summed E-state index contributed by atoms with van der Waals surface area (Å²) in [4.78, 5) is 13.1.